The average molecular weight is 352 g/mol. The minimum absolute atomic E-state index is 0.0511. The molecular formula is C22H25NOS. The van der Waals surface area contributed by atoms with E-state index >= 15 is 0 Å². The second-order valence-electron chi connectivity index (χ2n) is 8.35. The number of ketones is 1. The Morgan fingerprint density at radius 2 is 2.04 bits per heavy atom. The molecule has 0 spiro atoms. The summed E-state index contributed by atoms with van der Waals surface area (Å²) >= 11 is 1.72. The summed E-state index contributed by atoms with van der Waals surface area (Å²) in [5, 5.41) is 0. The van der Waals surface area contributed by atoms with Gasteiger partial charge in [-0.25, -0.2) is 4.98 Å². The summed E-state index contributed by atoms with van der Waals surface area (Å²) in [4.78, 5) is 19.3. The van der Waals surface area contributed by atoms with E-state index in [2.05, 4.69) is 56.9 Å². The predicted molar refractivity (Wildman–Crippen MR) is 103 cm³/mol. The second kappa shape index (κ2) is 5.63. The molecule has 1 aromatic heterocycles. The molecule has 1 aromatic carbocycles. The Kier molecular flexibility index (Phi) is 3.77. The van der Waals surface area contributed by atoms with Crippen molar-refractivity contribution in [3.8, 4) is 0 Å². The van der Waals surface area contributed by atoms with Gasteiger partial charge in [-0.1, -0.05) is 56.2 Å². The Balaban J connectivity index is 2.04. The highest BCUT2D eigenvalue weighted by atomic mass is 32.1. The first-order chi connectivity index (χ1) is 11.9. The van der Waals surface area contributed by atoms with Crippen molar-refractivity contribution in [2.45, 2.75) is 58.8 Å². The summed E-state index contributed by atoms with van der Waals surface area (Å²) in [6.45, 7) is 8.77. The molecule has 2 aliphatic rings. The lowest BCUT2D eigenvalue weighted by Crippen LogP contribution is -2.42. The molecule has 0 saturated heterocycles. The molecule has 0 radical (unpaired) electrons. The van der Waals surface area contributed by atoms with Crippen LogP contribution in [0, 0.1) is 12.3 Å². The molecular weight excluding hydrogens is 326 g/mol. The third-order valence-corrected chi connectivity index (χ3v) is 6.87. The molecule has 0 saturated carbocycles. The fourth-order valence-electron chi connectivity index (χ4n) is 4.92. The van der Waals surface area contributed by atoms with Crippen molar-refractivity contribution >= 4 is 17.1 Å². The number of allylic oxidation sites excluding steroid dienone is 2. The third-order valence-electron chi connectivity index (χ3n) is 5.84. The fraction of sp³-hybridized carbons (Fsp3) is 0.455. The lowest BCUT2D eigenvalue weighted by atomic mass is 9.59. The van der Waals surface area contributed by atoms with Gasteiger partial charge in [-0.3, -0.25) is 4.79 Å². The summed E-state index contributed by atoms with van der Waals surface area (Å²) in [5.41, 5.74) is 7.77. The van der Waals surface area contributed by atoms with E-state index in [9.17, 15) is 4.79 Å². The van der Waals surface area contributed by atoms with Gasteiger partial charge in [0.1, 0.15) is 0 Å². The van der Waals surface area contributed by atoms with E-state index in [-0.39, 0.29) is 10.8 Å². The first-order valence-electron chi connectivity index (χ1n) is 9.13. The number of carbonyl (C=O) groups excluding carboxylic acids is 1. The van der Waals surface area contributed by atoms with Gasteiger partial charge in [0, 0.05) is 23.3 Å². The van der Waals surface area contributed by atoms with Crippen molar-refractivity contribution in [3.63, 3.8) is 0 Å². The van der Waals surface area contributed by atoms with Crippen molar-refractivity contribution < 1.29 is 4.79 Å². The minimum atomic E-state index is -0.316. The number of hydrogen-bond acceptors (Lipinski definition) is 3. The van der Waals surface area contributed by atoms with Crippen LogP contribution in [-0.2, 0) is 16.6 Å². The molecule has 130 valence electrons. The Hall–Kier alpha value is -1.74. The number of aryl methyl sites for hydroxylation is 1. The zero-order valence-corrected chi connectivity index (χ0v) is 16.3. The van der Waals surface area contributed by atoms with Crippen LogP contribution < -0.4 is 0 Å². The molecule has 0 N–H and O–H groups in total. The normalized spacial score (nSPS) is 24.9. The number of hydrogen-bond donors (Lipinski definition) is 0. The van der Waals surface area contributed by atoms with Gasteiger partial charge < -0.3 is 0 Å². The van der Waals surface area contributed by atoms with E-state index in [1.807, 2.05) is 5.51 Å². The van der Waals surface area contributed by atoms with Crippen molar-refractivity contribution in [2.75, 3.05) is 0 Å². The number of nitrogens with zero attached hydrogens (tertiary/aromatic N) is 1. The van der Waals surface area contributed by atoms with Gasteiger partial charge in [-0.2, -0.15) is 0 Å². The number of carbonyl (C=O) groups is 1. The summed E-state index contributed by atoms with van der Waals surface area (Å²) < 4.78 is 0. The summed E-state index contributed by atoms with van der Waals surface area (Å²) in [6, 6.07) is 8.71. The van der Waals surface area contributed by atoms with Crippen molar-refractivity contribution in [1.82, 2.24) is 4.98 Å². The van der Waals surface area contributed by atoms with Crippen LogP contribution in [0.15, 0.2) is 40.9 Å². The first kappa shape index (κ1) is 16.7. The number of fused-ring (bicyclic) bond motifs is 1. The monoisotopic (exact) mass is 351 g/mol. The Bertz CT molecular complexity index is 889. The molecule has 0 bridgehead atoms. The number of rotatable bonds is 2. The Morgan fingerprint density at radius 3 is 2.76 bits per heavy atom. The van der Waals surface area contributed by atoms with Gasteiger partial charge in [-0.05, 0) is 30.7 Å². The average Bonchev–Trinajstić information content (AvgIpc) is 3.00. The molecule has 0 aliphatic heterocycles. The first-order valence-corrected chi connectivity index (χ1v) is 10.0. The van der Waals surface area contributed by atoms with E-state index in [1.54, 1.807) is 11.3 Å². The Labute approximate surface area is 154 Å². The molecule has 25 heavy (non-hydrogen) atoms. The van der Waals surface area contributed by atoms with Crippen LogP contribution in [0.25, 0.3) is 0 Å². The molecule has 0 amide bonds. The van der Waals surface area contributed by atoms with Crippen LogP contribution >= 0.6 is 11.3 Å². The van der Waals surface area contributed by atoms with E-state index < -0.39 is 0 Å². The van der Waals surface area contributed by atoms with Crippen LogP contribution in [0.2, 0.25) is 0 Å². The molecule has 2 aromatic rings. The summed E-state index contributed by atoms with van der Waals surface area (Å²) in [6.07, 6.45) is 3.39. The number of aromatic nitrogens is 1. The van der Waals surface area contributed by atoms with Crippen molar-refractivity contribution in [2.24, 2.45) is 5.41 Å². The lowest BCUT2D eigenvalue weighted by Gasteiger charge is -2.44. The standard InChI is InChI=1S/C22H25NOS/c1-5-22(16-8-6-7-14(2)9-16)19-15(10-17-20(22)25-13-23-17)11-21(3,4)12-18(19)24/h6-9,13H,5,10-12H2,1-4H3/t22-/m1/s1. The van der Waals surface area contributed by atoms with Gasteiger partial charge in [0.15, 0.2) is 5.78 Å². The summed E-state index contributed by atoms with van der Waals surface area (Å²) in [7, 11) is 0. The molecule has 1 heterocycles. The molecule has 2 aliphatic carbocycles. The highest BCUT2D eigenvalue weighted by Crippen LogP contribution is 2.54. The third kappa shape index (κ3) is 2.43. The molecule has 0 fully saturated rings. The smallest absolute Gasteiger partial charge is 0.160 e. The largest absolute Gasteiger partial charge is 0.294 e. The maximum atomic E-state index is 13.3. The number of Topliss-reactive ketones (excluding diaryl/α,β-unsaturated/α-hetero) is 1. The zero-order chi connectivity index (χ0) is 17.8. The quantitative estimate of drug-likeness (QED) is 0.726. The predicted octanol–water partition coefficient (Wildman–Crippen LogP) is 5.39. The topological polar surface area (TPSA) is 30.0 Å². The van der Waals surface area contributed by atoms with E-state index in [0.29, 0.717) is 12.2 Å². The zero-order valence-electron chi connectivity index (χ0n) is 15.5. The SMILES string of the molecule is CC[C@@]1(c2cccc(C)c2)C2=C(Cc3ncsc31)CC(C)(C)CC2=O. The van der Waals surface area contributed by atoms with Gasteiger partial charge in [0.05, 0.1) is 16.6 Å². The number of benzene rings is 1. The molecule has 3 heteroatoms. The maximum Gasteiger partial charge on any atom is 0.160 e. The van der Waals surface area contributed by atoms with Gasteiger partial charge in [0.2, 0.25) is 0 Å². The maximum absolute atomic E-state index is 13.3. The van der Waals surface area contributed by atoms with Crippen LogP contribution in [-0.4, -0.2) is 10.8 Å². The van der Waals surface area contributed by atoms with Crippen molar-refractivity contribution in [3.05, 3.63) is 62.6 Å². The van der Waals surface area contributed by atoms with Gasteiger partial charge >= 0.3 is 0 Å². The molecule has 4 rings (SSSR count). The molecule has 2 nitrogen and oxygen atoms in total. The van der Waals surface area contributed by atoms with E-state index in [1.165, 1.54) is 27.3 Å². The van der Waals surface area contributed by atoms with Crippen LogP contribution in [0.4, 0.5) is 0 Å². The van der Waals surface area contributed by atoms with E-state index in [0.717, 1.165) is 24.8 Å². The molecule has 1 atom stereocenters. The van der Waals surface area contributed by atoms with Crippen LogP contribution in [0.3, 0.4) is 0 Å². The van der Waals surface area contributed by atoms with Crippen molar-refractivity contribution in [1.29, 1.82) is 0 Å². The Morgan fingerprint density at radius 1 is 1.24 bits per heavy atom. The summed E-state index contributed by atoms with van der Waals surface area (Å²) in [5.74, 6) is 0.341. The van der Waals surface area contributed by atoms with Crippen LogP contribution in [0.5, 0.6) is 0 Å². The van der Waals surface area contributed by atoms with Crippen LogP contribution in [0.1, 0.15) is 61.7 Å². The minimum Gasteiger partial charge on any atom is -0.294 e. The van der Waals surface area contributed by atoms with Gasteiger partial charge in [-0.15, -0.1) is 11.3 Å². The van der Waals surface area contributed by atoms with E-state index in [4.69, 9.17) is 0 Å². The molecule has 0 unspecified atom stereocenters. The fourth-order valence-corrected chi connectivity index (χ4v) is 6.04. The van der Waals surface area contributed by atoms with Gasteiger partial charge in [0.25, 0.3) is 0 Å². The highest BCUT2D eigenvalue weighted by molar-refractivity contribution is 7.10. The second-order valence-corrected chi connectivity index (χ2v) is 9.21. The lowest BCUT2D eigenvalue weighted by molar-refractivity contribution is -0.118. The highest BCUT2D eigenvalue weighted by Gasteiger charge is 2.49. The number of thiazole rings is 1.